The third-order valence-corrected chi connectivity index (χ3v) is 9.22. The van der Waals surface area contributed by atoms with Crippen molar-refractivity contribution in [1.29, 1.82) is 0 Å². The topological polar surface area (TPSA) is 188 Å². The smallest absolute Gasteiger partial charge is 0.290 e. The number of alkyl halides is 1. The molecule has 2 aromatic rings. The summed E-state index contributed by atoms with van der Waals surface area (Å²) >= 11 is 0. The fourth-order valence-electron chi connectivity index (χ4n) is 6.22. The molecule has 13 nitrogen and oxygen atoms in total. The number of Topliss-reactive ketones (excluding diaryl/α,β-unsaturated/α-hetero) is 1. The van der Waals surface area contributed by atoms with Crippen LogP contribution in [-0.4, -0.2) is 76.1 Å². The van der Waals surface area contributed by atoms with E-state index in [-0.39, 0.29) is 43.3 Å². The average molecular weight is 710 g/mol. The summed E-state index contributed by atoms with van der Waals surface area (Å²) in [6.07, 6.45) is 4.14. The van der Waals surface area contributed by atoms with Gasteiger partial charge in [-0.25, -0.2) is 9.37 Å². The summed E-state index contributed by atoms with van der Waals surface area (Å²) in [4.78, 5) is 86.2. The molecular formula is C37H52FN7O6. The van der Waals surface area contributed by atoms with Crippen molar-refractivity contribution in [2.24, 2.45) is 23.7 Å². The molecule has 5 amide bonds. The molecule has 0 spiro atoms. The molecule has 7 atom stereocenters. The molecule has 0 radical (unpaired) electrons. The van der Waals surface area contributed by atoms with Crippen LogP contribution in [0, 0.1) is 23.7 Å². The zero-order valence-corrected chi connectivity index (χ0v) is 30.3. The first-order valence-corrected chi connectivity index (χ1v) is 17.7. The van der Waals surface area contributed by atoms with Gasteiger partial charge in [-0.15, -0.1) is 0 Å². The molecule has 278 valence electrons. The van der Waals surface area contributed by atoms with Crippen LogP contribution >= 0.6 is 0 Å². The highest BCUT2D eigenvalue weighted by molar-refractivity contribution is 6.38. The van der Waals surface area contributed by atoms with Crippen molar-refractivity contribution in [1.82, 2.24) is 36.6 Å². The molecule has 1 unspecified atom stereocenters. The standard InChI is InChI=1S/C37H52FN7O6/c1-7-11-28(33(47)37(51)42-23(6)24-12-9-8-10-13-24)43-30(46)18-25-14-15-27(38)26(25)19-41-35(49)31(21(2)3)45-36(50)32(22(4)5)44-34(48)29-20-39-16-17-40-29/h8-10,12-13,16-17,20-23,25-28,31-32H,7,11,14-15,18-19H2,1-6H3,(H,41,49)(H,42,51)(H,43,46)(H,44,48)(H,45,50)/t23-,25-,26+,27+,28?,31+,32-/m1/s1. The Morgan fingerprint density at radius 3 is 2.12 bits per heavy atom. The summed E-state index contributed by atoms with van der Waals surface area (Å²) in [6, 6.07) is 5.81. The van der Waals surface area contributed by atoms with Crippen molar-refractivity contribution in [3.05, 3.63) is 60.2 Å². The second-order valence-corrected chi connectivity index (χ2v) is 13.9. The number of hydrogen-bond acceptors (Lipinski definition) is 8. The van der Waals surface area contributed by atoms with Gasteiger partial charge in [-0.2, -0.15) is 0 Å². The maximum atomic E-state index is 15.1. The Morgan fingerprint density at radius 1 is 0.843 bits per heavy atom. The van der Waals surface area contributed by atoms with Gasteiger partial charge in [-0.1, -0.05) is 71.4 Å². The van der Waals surface area contributed by atoms with Gasteiger partial charge < -0.3 is 26.6 Å². The predicted octanol–water partition coefficient (Wildman–Crippen LogP) is 2.97. The summed E-state index contributed by atoms with van der Waals surface area (Å²) in [5, 5.41) is 13.5. The first kappa shape index (κ1) is 40.7. The second kappa shape index (κ2) is 19.6. The zero-order valence-electron chi connectivity index (χ0n) is 30.3. The van der Waals surface area contributed by atoms with E-state index in [1.54, 1.807) is 34.6 Å². The molecule has 14 heteroatoms. The lowest BCUT2D eigenvalue weighted by atomic mass is 9.91. The van der Waals surface area contributed by atoms with Gasteiger partial charge in [0.2, 0.25) is 23.5 Å². The van der Waals surface area contributed by atoms with Gasteiger partial charge in [0, 0.05) is 31.3 Å². The van der Waals surface area contributed by atoms with Gasteiger partial charge in [-0.3, -0.25) is 33.8 Å². The second-order valence-electron chi connectivity index (χ2n) is 13.9. The molecule has 1 heterocycles. The van der Waals surface area contributed by atoms with Gasteiger partial charge in [0.15, 0.2) is 0 Å². The number of hydrogen-bond donors (Lipinski definition) is 5. The molecule has 1 aromatic heterocycles. The number of amides is 5. The van der Waals surface area contributed by atoms with E-state index >= 15 is 4.39 Å². The summed E-state index contributed by atoms with van der Waals surface area (Å²) in [6.45, 7) is 10.6. The summed E-state index contributed by atoms with van der Waals surface area (Å²) in [5.41, 5.74) is 0.876. The van der Waals surface area contributed by atoms with Crippen molar-refractivity contribution < 1.29 is 33.2 Å². The fourth-order valence-corrected chi connectivity index (χ4v) is 6.22. The molecule has 1 aliphatic carbocycles. The van der Waals surface area contributed by atoms with Crippen LogP contribution < -0.4 is 26.6 Å². The minimum Gasteiger partial charge on any atom is -0.354 e. The van der Waals surface area contributed by atoms with Crippen LogP contribution in [-0.2, 0) is 24.0 Å². The van der Waals surface area contributed by atoms with E-state index in [4.69, 9.17) is 0 Å². The molecule has 5 N–H and O–H groups in total. The van der Waals surface area contributed by atoms with Crippen molar-refractivity contribution in [3.63, 3.8) is 0 Å². The van der Waals surface area contributed by atoms with Crippen molar-refractivity contribution in [2.45, 2.75) is 104 Å². The Hall–Kier alpha value is -4.75. The van der Waals surface area contributed by atoms with Crippen molar-refractivity contribution in [3.8, 4) is 0 Å². The van der Waals surface area contributed by atoms with E-state index in [0.29, 0.717) is 12.8 Å². The first-order valence-electron chi connectivity index (χ1n) is 17.7. The molecule has 3 rings (SSSR count). The van der Waals surface area contributed by atoms with Crippen LogP contribution in [0.4, 0.5) is 4.39 Å². The number of halogens is 1. The molecule has 0 bridgehead atoms. The first-order chi connectivity index (χ1) is 24.2. The van der Waals surface area contributed by atoms with E-state index in [1.165, 1.54) is 18.6 Å². The van der Waals surface area contributed by atoms with Gasteiger partial charge in [0.25, 0.3) is 11.8 Å². The molecule has 0 aliphatic heterocycles. The van der Waals surface area contributed by atoms with E-state index in [2.05, 4.69) is 36.6 Å². The highest BCUT2D eigenvalue weighted by Gasteiger charge is 2.39. The Balaban J connectivity index is 1.58. The number of carbonyl (C=O) groups excluding carboxylic acids is 6. The minimum atomic E-state index is -1.27. The monoisotopic (exact) mass is 709 g/mol. The fraction of sp³-hybridized carbons (Fsp3) is 0.568. The lowest BCUT2D eigenvalue weighted by Gasteiger charge is -2.28. The number of nitrogens with one attached hydrogen (secondary N) is 5. The number of aromatic nitrogens is 2. The van der Waals surface area contributed by atoms with Gasteiger partial charge >= 0.3 is 0 Å². The van der Waals surface area contributed by atoms with E-state index in [1.807, 2.05) is 37.3 Å². The Bertz CT molecular complexity index is 1490. The third-order valence-electron chi connectivity index (χ3n) is 9.22. The van der Waals surface area contributed by atoms with E-state index < -0.39 is 77.5 Å². The SMILES string of the molecule is CCCC(NC(=O)C[C@H]1CC[C@H](F)[C@H]1CNC(=O)[C@@H](NC(=O)[C@H](NC(=O)c1cnccn1)C(C)C)C(C)C)C(=O)C(=O)N[C@H](C)c1ccccc1. The van der Waals surface area contributed by atoms with Crippen LogP contribution in [0.5, 0.6) is 0 Å². The van der Waals surface area contributed by atoms with Gasteiger partial charge in [0.1, 0.15) is 23.9 Å². The largest absolute Gasteiger partial charge is 0.354 e. The lowest BCUT2D eigenvalue weighted by Crippen LogP contribution is -2.57. The van der Waals surface area contributed by atoms with Gasteiger partial charge in [0.05, 0.1) is 18.3 Å². The number of rotatable bonds is 18. The minimum absolute atomic E-state index is 0.0427. The highest BCUT2D eigenvalue weighted by atomic mass is 19.1. The molecule has 0 saturated heterocycles. The van der Waals surface area contributed by atoms with E-state index in [9.17, 15) is 28.8 Å². The normalized spacial score (nSPS) is 19.4. The van der Waals surface area contributed by atoms with Crippen molar-refractivity contribution >= 4 is 35.3 Å². The summed E-state index contributed by atoms with van der Waals surface area (Å²) in [7, 11) is 0. The maximum Gasteiger partial charge on any atom is 0.290 e. The summed E-state index contributed by atoms with van der Waals surface area (Å²) < 4.78 is 15.1. The lowest BCUT2D eigenvalue weighted by molar-refractivity contribution is -0.140. The molecular weight excluding hydrogens is 657 g/mol. The zero-order chi connectivity index (χ0) is 37.7. The Labute approximate surface area is 299 Å². The van der Waals surface area contributed by atoms with E-state index in [0.717, 1.165) is 5.56 Å². The maximum absolute atomic E-state index is 15.1. The highest BCUT2D eigenvalue weighted by Crippen LogP contribution is 2.36. The van der Waals surface area contributed by atoms with Crippen LogP contribution in [0.1, 0.15) is 95.7 Å². The van der Waals surface area contributed by atoms with Crippen LogP contribution in [0.25, 0.3) is 0 Å². The molecule has 1 fully saturated rings. The Morgan fingerprint density at radius 2 is 1.51 bits per heavy atom. The Kier molecular flexibility index (Phi) is 15.6. The molecule has 51 heavy (non-hydrogen) atoms. The van der Waals surface area contributed by atoms with Crippen LogP contribution in [0.3, 0.4) is 0 Å². The number of carbonyl (C=O) groups is 6. The van der Waals surface area contributed by atoms with Crippen molar-refractivity contribution in [2.75, 3.05) is 6.54 Å². The third kappa shape index (κ3) is 11.9. The quantitative estimate of drug-likeness (QED) is 0.146. The molecule has 1 aromatic carbocycles. The number of benzene rings is 1. The molecule has 1 saturated carbocycles. The van der Waals surface area contributed by atoms with Crippen LogP contribution in [0.15, 0.2) is 48.9 Å². The predicted molar refractivity (Wildman–Crippen MR) is 188 cm³/mol. The molecule has 1 aliphatic rings. The number of ketones is 1. The summed E-state index contributed by atoms with van der Waals surface area (Å²) in [5.74, 6) is -5.44. The number of nitrogens with zero attached hydrogens (tertiary/aromatic N) is 2. The average Bonchev–Trinajstić information content (AvgIpc) is 3.45. The van der Waals surface area contributed by atoms with Crippen LogP contribution in [0.2, 0.25) is 0 Å². The van der Waals surface area contributed by atoms with Gasteiger partial charge in [-0.05, 0) is 49.5 Å².